The Morgan fingerprint density at radius 1 is 1.33 bits per heavy atom. The summed E-state index contributed by atoms with van der Waals surface area (Å²) in [5.41, 5.74) is 0. The number of thiol groups is 1. The molecule has 0 rings (SSSR count). The molecule has 0 amide bonds. The highest BCUT2D eigenvalue weighted by Crippen LogP contribution is 1.95. The molecule has 2 unspecified atom stereocenters. The number of hydrogen-bond acceptors (Lipinski definition) is 5. The highest BCUT2D eigenvalue weighted by atomic mass is 32.1. The predicted octanol–water partition coefficient (Wildman–Crippen LogP) is -0.972. The number of carbonyl (C=O) groups excluding carboxylic acids is 1. The number of aliphatic hydroxyl groups is 3. The fourth-order valence-electron chi connectivity index (χ4n) is 0.440. The lowest BCUT2D eigenvalue weighted by Crippen LogP contribution is -2.19. The fourth-order valence-corrected chi connectivity index (χ4v) is 0.531. The molecule has 0 spiro atoms. The lowest BCUT2D eigenvalue weighted by Gasteiger charge is -1.98. The monoisotopic (exact) mass is 240 g/mol. The molecule has 0 aliphatic rings. The van der Waals surface area contributed by atoms with Crippen LogP contribution < -0.4 is 0 Å². The van der Waals surface area contributed by atoms with Gasteiger partial charge in [-0.2, -0.15) is 0 Å². The molecular formula is C8H16O6S. The van der Waals surface area contributed by atoms with E-state index in [4.69, 9.17) is 20.4 Å². The molecule has 90 valence electrons. The largest absolute Gasteiger partial charge is 0.481 e. The van der Waals surface area contributed by atoms with E-state index in [1.54, 1.807) is 6.92 Å². The summed E-state index contributed by atoms with van der Waals surface area (Å²) >= 11 is 3.22. The zero-order valence-electron chi connectivity index (χ0n) is 8.33. The van der Waals surface area contributed by atoms with Gasteiger partial charge in [0.1, 0.15) is 6.10 Å². The summed E-state index contributed by atoms with van der Waals surface area (Å²) in [6.45, 7) is 1.73. The highest BCUT2D eigenvalue weighted by Gasteiger charge is 2.13. The molecule has 0 bridgehead atoms. The second-order valence-electron chi connectivity index (χ2n) is 2.81. The van der Waals surface area contributed by atoms with E-state index < -0.39 is 23.6 Å². The standard InChI is InChI=1S/C4H6O4S.C4H10O2/c5-2(4(8)9)1-3(6)7;1-4(6)2-3-5/h2,5H,1H2,(H,6,7)(H,8,9);4-6H,2-3H2,1H3. The molecule has 6 nitrogen and oxygen atoms in total. The minimum absolute atomic E-state index is 0.0810. The number of rotatable bonds is 5. The first kappa shape index (κ1) is 16.8. The quantitative estimate of drug-likeness (QED) is 0.395. The van der Waals surface area contributed by atoms with Crippen molar-refractivity contribution in [3.8, 4) is 0 Å². The van der Waals surface area contributed by atoms with Crippen LogP contribution in [-0.2, 0) is 9.59 Å². The van der Waals surface area contributed by atoms with Crippen molar-refractivity contribution >= 4 is 23.7 Å². The average Bonchev–Trinajstić information content (AvgIpc) is 2.03. The molecule has 0 aliphatic heterocycles. The van der Waals surface area contributed by atoms with E-state index in [2.05, 4.69) is 12.6 Å². The Bertz CT molecular complexity index is 194. The predicted molar refractivity (Wildman–Crippen MR) is 55.6 cm³/mol. The van der Waals surface area contributed by atoms with Crippen LogP contribution in [0.5, 0.6) is 0 Å². The van der Waals surface area contributed by atoms with Crippen LogP contribution in [-0.4, -0.2) is 50.3 Å². The van der Waals surface area contributed by atoms with E-state index in [0.717, 1.165) is 0 Å². The first-order chi connectivity index (χ1) is 6.81. The lowest BCUT2D eigenvalue weighted by molar-refractivity contribution is -0.141. The van der Waals surface area contributed by atoms with Crippen LogP contribution in [0, 0.1) is 0 Å². The number of carbonyl (C=O) groups is 2. The van der Waals surface area contributed by atoms with Crippen molar-refractivity contribution in [1.82, 2.24) is 0 Å². The molecule has 0 saturated heterocycles. The molecule has 2 atom stereocenters. The van der Waals surface area contributed by atoms with Crippen molar-refractivity contribution in [2.45, 2.75) is 32.0 Å². The molecule has 15 heavy (non-hydrogen) atoms. The van der Waals surface area contributed by atoms with Gasteiger partial charge >= 0.3 is 5.97 Å². The van der Waals surface area contributed by atoms with Crippen LogP contribution in [0.4, 0.5) is 0 Å². The third kappa shape index (κ3) is 16.1. The van der Waals surface area contributed by atoms with Crippen molar-refractivity contribution < 1.29 is 30.0 Å². The summed E-state index contributed by atoms with van der Waals surface area (Å²) in [6.07, 6.45) is -1.93. The summed E-state index contributed by atoms with van der Waals surface area (Å²) in [6, 6.07) is 0. The van der Waals surface area contributed by atoms with E-state index >= 15 is 0 Å². The summed E-state index contributed by atoms with van der Waals surface area (Å²) in [7, 11) is 0. The molecule has 0 heterocycles. The molecule has 4 N–H and O–H groups in total. The average molecular weight is 240 g/mol. The maximum Gasteiger partial charge on any atom is 0.306 e. The molecule has 0 fully saturated rings. The van der Waals surface area contributed by atoms with Crippen molar-refractivity contribution in [3.63, 3.8) is 0 Å². The summed E-state index contributed by atoms with van der Waals surface area (Å²) in [4.78, 5) is 19.8. The van der Waals surface area contributed by atoms with Crippen LogP contribution in [0.2, 0.25) is 0 Å². The van der Waals surface area contributed by atoms with Gasteiger partial charge in [0.05, 0.1) is 12.5 Å². The van der Waals surface area contributed by atoms with Crippen LogP contribution in [0.25, 0.3) is 0 Å². The molecule has 7 heteroatoms. The second kappa shape index (κ2) is 9.91. The molecule has 0 aromatic rings. The van der Waals surface area contributed by atoms with Crippen LogP contribution in [0.1, 0.15) is 19.8 Å². The Balaban J connectivity index is 0. The maximum atomic E-state index is 10.0. The van der Waals surface area contributed by atoms with Gasteiger partial charge < -0.3 is 20.4 Å². The van der Waals surface area contributed by atoms with Crippen molar-refractivity contribution in [2.75, 3.05) is 6.61 Å². The first-order valence-electron chi connectivity index (χ1n) is 4.22. The van der Waals surface area contributed by atoms with E-state index in [1.807, 2.05) is 0 Å². The number of aliphatic carboxylic acids is 1. The summed E-state index contributed by atoms with van der Waals surface area (Å²) < 4.78 is 0. The van der Waals surface area contributed by atoms with E-state index in [9.17, 15) is 9.59 Å². The van der Waals surface area contributed by atoms with Crippen molar-refractivity contribution in [3.05, 3.63) is 0 Å². The fraction of sp³-hybridized carbons (Fsp3) is 0.750. The molecule has 0 aromatic carbocycles. The van der Waals surface area contributed by atoms with Gasteiger partial charge in [0, 0.05) is 6.61 Å². The Labute approximate surface area is 93.0 Å². The van der Waals surface area contributed by atoms with Crippen LogP contribution in [0.3, 0.4) is 0 Å². The summed E-state index contributed by atoms with van der Waals surface area (Å²) in [5, 5.41) is 32.1. The molecular weight excluding hydrogens is 224 g/mol. The first-order valence-corrected chi connectivity index (χ1v) is 4.67. The highest BCUT2D eigenvalue weighted by molar-refractivity contribution is 7.96. The minimum atomic E-state index is -1.48. The van der Waals surface area contributed by atoms with Gasteiger partial charge in [-0.3, -0.25) is 9.59 Å². The van der Waals surface area contributed by atoms with E-state index in [1.165, 1.54) is 0 Å². The van der Waals surface area contributed by atoms with Crippen LogP contribution in [0.15, 0.2) is 0 Å². The van der Waals surface area contributed by atoms with Gasteiger partial charge in [-0.15, -0.1) is 12.6 Å². The molecule has 0 saturated carbocycles. The Kier molecular flexibility index (Phi) is 11.1. The lowest BCUT2D eigenvalue weighted by atomic mass is 10.3. The minimum Gasteiger partial charge on any atom is -0.481 e. The van der Waals surface area contributed by atoms with Gasteiger partial charge in [-0.1, -0.05) is 0 Å². The summed E-state index contributed by atoms with van der Waals surface area (Å²) in [5.74, 6) is -1.22. The second-order valence-corrected chi connectivity index (χ2v) is 3.25. The Hall–Kier alpha value is -0.630. The Morgan fingerprint density at radius 3 is 1.87 bits per heavy atom. The van der Waals surface area contributed by atoms with Crippen molar-refractivity contribution in [1.29, 1.82) is 0 Å². The smallest absolute Gasteiger partial charge is 0.306 e. The van der Waals surface area contributed by atoms with E-state index in [-0.39, 0.29) is 12.7 Å². The normalized spacial score (nSPS) is 13.4. The molecule has 0 radical (unpaired) electrons. The van der Waals surface area contributed by atoms with E-state index in [0.29, 0.717) is 6.42 Å². The Morgan fingerprint density at radius 2 is 1.80 bits per heavy atom. The maximum absolute atomic E-state index is 10.0. The number of carboxylic acid groups (broad SMARTS) is 1. The van der Waals surface area contributed by atoms with Gasteiger partial charge in [-0.05, 0) is 13.3 Å². The number of hydrogen-bond donors (Lipinski definition) is 5. The zero-order chi connectivity index (χ0) is 12.4. The van der Waals surface area contributed by atoms with Gasteiger partial charge in [-0.25, -0.2) is 0 Å². The van der Waals surface area contributed by atoms with Gasteiger partial charge in [0.15, 0.2) is 0 Å². The molecule has 0 aromatic heterocycles. The zero-order valence-corrected chi connectivity index (χ0v) is 9.22. The topological polar surface area (TPSA) is 115 Å². The third-order valence-corrected chi connectivity index (χ3v) is 1.50. The molecule has 0 aliphatic carbocycles. The third-order valence-electron chi connectivity index (χ3n) is 1.20. The number of carboxylic acids is 1. The number of aliphatic hydroxyl groups excluding tert-OH is 3. The van der Waals surface area contributed by atoms with Crippen molar-refractivity contribution in [2.24, 2.45) is 0 Å². The van der Waals surface area contributed by atoms with Crippen LogP contribution >= 0.6 is 12.6 Å². The van der Waals surface area contributed by atoms with Gasteiger partial charge in [0.25, 0.3) is 0 Å². The SMILES string of the molecule is CC(O)CCO.O=C(O)CC(O)C(=O)S. The van der Waals surface area contributed by atoms with Gasteiger partial charge in [0.2, 0.25) is 5.12 Å².